The van der Waals surface area contributed by atoms with E-state index in [9.17, 15) is 0 Å². The van der Waals surface area contributed by atoms with Gasteiger partial charge in [0.25, 0.3) is 0 Å². The molecule has 0 atom stereocenters. The number of ether oxygens (including phenoxy) is 2. The number of hydrogen-bond donors (Lipinski definition) is 1. The lowest BCUT2D eigenvalue weighted by Gasteiger charge is -2.07. The van der Waals surface area contributed by atoms with Gasteiger partial charge in [-0.25, -0.2) is 0 Å². The maximum atomic E-state index is 5.08. The lowest BCUT2D eigenvalue weighted by molar-refractivity contribution is 0.373. The van der Waals surface area contributed by atoms with Crippen LogP contribution in [0.5, 0.6) is 11.8 Å². The summed E-state index contributed by atoms with van der Waals surface area (Å²) >= 11 is 5.14. The Labute approximate surface area is 117 Å². The van der Waals surface area contributed by atoms with Crippen LogP contribution in [0.4, 0.5) is 5.95 Å². The number of thiophene rings is 1. The van der Waals surface area contributed by atoms with E-state index in [1.165, 1.54) is 4.88 Å². The molecule has 0 aromatic carbocycles. The first-order chi connectivity index (χ1) is 8.72. The van der Waals surface area contributed by atoms with E-state index in [1.807, 2.05) is 11.4 Å². The van der Waals surface area contributed by atoms with Crippen LogP contribution in [0.3, 0.4) is 0 Å². The Morgan fingerprint density at radius 2 is 1.94 bits per heavy atom. The van der Waals surface area contributed by atoms with Crippen LogP contribution in [0.1, 0.15) is 4.88 Å². The molecular weight excluding hydrogens is 318 g/mol. The lowest BCUT2D eigenvalue weighted by atomic mass is 10.4. The van der Waals surface area contributed by atoms with Gasteiger partial charge in [-0.05, 0) is 27.4 Å². The molecule has 1 N–H and O–H groups in total. The third-order valence-corrected chi connectivity index (χ3v) is 4.12. The molecular formula is C11H12BrN3O2S. The fraction of sp³-hybridized carbons (Fsp3) is 0.273. The zero-order valence-electron chi connectivity index (χ0n) is 9.94. The highest BCUT2D eigenvalue weighted by Gasteiger charge is 2.06. The molecule has 96 valence electrons. The van der Waals surface area contributed by atoms with Crippen molar-refractivity contribution in [2.24, 2.45) is 0 Å². The summed E-state index contributed by atoms with van der Waals surface area (Å²) in [6.07, 6.45) is 0. The second kappa shape index (κ2) is 6.01. The predicted molar refractivity (Wildman–Crippen MR) is 74.5 cm³/mol. The zero-order chi connectivity index (χ0) is 13.0. The Morgan fingerprint density at radius 3 is 2.44 bits per heavy atom. The minimum Gasteiger partial charge on any atom is -0.481 e. The third kappa shape index (κ3) is 3.11. The topological polar surface area (TPSA) is 56.3 Å². The van der Waals surface area contributed by atoms with Crippen LogP contribution >= 0.6 is 27.3 Å². The zero-order valence-corrected chi connectivity index (χ0v) is 12.3. The third-order valence-electron chi connectivity index (χ3n) is 2.20. The highest BCUT2D eigenvalue weighted by Crippen LogP contribution is 2.24. The second-order valence-corrected chi connectivity index (χ2v) is 5.18. The predicted octanol–water partition coefficient (Wildman–Crippen LogP) is 2.93. The van der Waals surface area contributed by atoms with Crippen LogP contribution in [0.15, 0.2) is 22.0 Å². The van der Waals surface area contributed by atoms with Crippen LogP contribution in [0, 0.1) is 0 Å². The number of halogens is 1. The average molecular weight is 330 g/mol. The first kappa shape index (κ1) is 13.1. The monoisotopic (exact) mass is 329 g/mol. The standard InChI is InChI=1S/C11H12BrN3O2S/c1-16-9-5-10(17-2)15-11(14-9)13-6-8-7(12)3-4-18-8/h3-5H,6H2,1-2H3,(H,13,14,15). The molecule has 0 aliphatic carbocycles. The van der Waals surface area contributed by atoms with Gasteiger partial charge < -0.3 is 14.8 Å². The number of rotatable bonds is 5. The Balaban J connectivity index is 2.11. The number of nitrogens with one attached hydrogen (secondary N) is 1. The molecule has 0 aliphatic rings. The Hall–Kier alpha value is -1.34. The largest absolute Gasteiger partial charge is 0.481 e. The van der Waals surface area contributed by atoms with Gasteiger partial charge in [-0.1, -0.05) is 0 Å². The summed E-state index contributed by atoms with van der Waals surface area (Å²) in [5.74, 6) is 1.41. The Bertz CT molecular complexity index is 511. The number of nitrogens with zero attached hydrogens (tertiary/aromatic N) is 2. The summed E-state index contributed by atoms with van der Waals surface area (Å²) in [7, 11) is 3.11. The number of methoxy groups -OCH3 is 2. The van der Waals surface area contributed by atoms with Crippen molar-refractivity contribution in [3.63, 3.8) is 0 Å². The van der Waals surface area contributed by atoms with Crippen molar-refractivity contribution in [3.8, 4) is 11.8 Å². The smallest absolute Gasteiger partial charge is 0.229 e. The number of hydrogen-bond acceptors (Lipinski definition) is 6. The first-order valence-electron chi connectivity index (χ1n) is 5.15. The van der Waals surface area contributed by atoms with Gasteiger partial charge in [-0.15, -0.1) is 11.3 Å². The molecule has 0 saturated carbocycles. The average Bonchev–Trinajstić information content (AvgIpc) is 2.81. The molecule has 2 heterocycles. The van der Waals surface area contributed by atoms with Gasteiger partial charge in [0.1, 0.15) is 0 Å². The molecule has 0 saturated heterocycles. The normalized spacial score (nSPS) is 10.2. The summed E-state index contributed by atoms with van der Waals surface area (Å²) < 4.78 is 11.2. The molecule has 0 spiro atoms. The van der Waals surface area contributed by atoms with Gasteiger partial charge in [-0.2, -0.15) is 9.97 Å². The van der Waals surface area contributed by atoms with Crippen molar-refractivity contribution >= 4 is 33.2 Å². The maximum Gasteiger partial charge on any atom is 0.229 e. The molecule has 0 amide bonds. The molecule has 18 heavy (non-hydrogen) atoms. The molecule has 2 aromatic heterocycles. The molecule has 7 heteroatoms. The summed E-state index contributed by atoms with van der Waals surface area (Å²) in [6, 6.07) is 3.64. The summed E-state index contributed by atoms with van der Waals surface area (Å²) in [5.41, 5.74) is 0. The van der Waals surface area contributed by atoms with E-state index in [-0.39, 0.29) is 0 Å². The van der Waals surface area contributed by atoms with E-state index in [0.717, 1.165) is 4.47 Å². The van der Waals surface area contributed by atoms with Gasteiger partial charge in [0, 0.05) is 9.35 Å². The Morgan fingerprint density at radius 1 is 1.28 bits per heavy atom. The summed E-state index contributed by atoms with van der Waals surface area (Å²) in [5, 5.41) is 5.16. The lowest BCUT2D eigenvalue weighted by Crippen LogP contribution is -2.04. The van der Waals surface area contributed by atoms with E-state index in [2.05, 4.69) is 31.2 Å². The van der Waals surface area contributed by atoms with E-state index in [4.69, 9.17) is 9.47 Å². The van der Waals surface area contributed by atoms with E-state index in [1.54, 1.807) is 31.6 Å². The van der Waals surface area contributed by atoms with Crippen LogP contribution in [0.2, 0.25) is 0 Å². The van der Waals surface area contributed by atoms with Crippen LogP contribution in [0.25, 0.3) is 0 Å². The number of aromatic nitrogens is 2. The quantitative estimate of drug-likeness (QED) is 0.913. The first-order valence-corrected chi connectivity index (χ1v) is 6.83. The molecule has 2 rings (SSSR count). The summed E-state index contributed by atoms with van der Waals surface area (Å²) in [6.45, 7) is 0.647. The van der Waals surface area contributed by atoms with Crippen molar-refractivity contribution in [2.45, 2.75) is 6.54 Å². The number of anilines is 1. The highest BCUT2D eigenvalue weighted by molar-refractivity contribution is 9.10. The van der Waals surface area contributed by atoms with Gasteiger partial charge >= 0.3 is 0 Å². The van der Waals surface area contributed by atoms with E-state index < -0.39 is 0 Å². The van der Waals surface area contributed by atoms with Crippen molar-refractivity contribution in [1.29, 1.82) is 0 Å². The second-order valence-electron chi connectivity index (χ2n) is 3.32. The van der Waals surface area contributed by atoms with Gasteiger partial charge in [0.2, 0.25) is 17.7 Å². The highest BCUT2D eigenvalue weighted by atomic mass is 79.9. The fourth-order valence-corrected chi connectivity index (χ4v) is 2.73. The van der Waals surface area contributed by atoms with Crippen molar-refractivity contribution < 1.29 is 9.47 Å². The van der Waals surface area contributed by atoms with Gasteiger partial charge in [-0.3, -0.25) is 0 Å². The van der Waals surface area contributed by atoms with Crippen LogP contribution < -0.4 is 14.8 Å². The maximum absolute atomic E-state index is 5.08. The molecule has 0 fully saturated rings. The molecule has 2 aromatic rings. The molecule has 0 unspecified atom stereocenters. The van der Waals surface area contributed by atoms with Crippen LogP contribution in [-0.4, -0.2) is 24.2 Å². The molecule has 0 radical (unpaired) electrons. The fourth-order valence-electron chi connectivity index (χ4n) is 1.30. The molecule has 0 bridgehead atoms. The summed E-state index contributed by atoms with van der Waals surface area (Å²) in [4.78, 5) is 9.57. The SMILES string of the molecule is COc1cc(OC)nc(NCc2sccc2Br)n1. The van der Waals surface area contributed by atoms with Crippen LogP contribution in [-0.2, 0) is 6.54 Å². The van der Waals surface area contributed by atoms with Crippen molar-refractivity contribution in [1.82, 2.24) is 9.97 Å². The molecule has 0 aliphatic heterocycles. The minimum absolute atomic E-state index is 0.467. The molecule has 5 nitrogen and oxygen atoms in total. The van der Waals surface area contributed by atoms with Crippen molar-refractivity contribution in [3.05, 3.63) is 26.9 Å². The van der Waals surface area contributed by atoms with Crippen molar-refractivity contribution in [2.75, 3.05) is 19.5 Å². The minimum atomic E-state index is 0.467. The van der Waals surface area contributed by atoms with Gasteiger partial charge in [0.05, 0.1) is 26.8 Å². The van der Waals surface area contributed by atoms with E-state index >= 15 is 0 Å². The van der Waals surface area contributed by atoms with E-state index in [0.29, 0.717) is 24.3 Å². The van der Waals surface area contributed by atoms with Gasteiger partial charge in [0.15, 0.2) is 0 Å². The Kier molecular flexibility index (Phi) is 4.38.